The molecule has 0 bridgehead atoms. The molecule has 1 heterocycles. The van der Waals surface area contributed by atoms with E-state index in [2.05, 4.69) is 31.0 Å². The molecule has 1 rings (SSSR count). The lowest BCUT2D eigenvalue weighted by Crippen LogP contribution is -2.58. The maximum Gasteiger partial charge on any atom is 0.0593 e. The number of nitrogens with one attached hydrogen (secondary N) is 1. The highest BCUT2D eigenvalue weighted by atomic mass is 16.5. The normalized spacial score (nSPS) is 24.4. The summed E-state index contributed by atoms with van der Waals surface area (Å²) in [5.74, 6) is 0.697. The summed E-state index contributed by atoms with van der Waals surface area (Å²) < 4.78 is 10.7. The Kier molecular flexibility index (Phi) is 9.44. The Morgan fingerprint density at radius 1 is 1.25 bits per heavy atom. The van der Waals surface area contributed by atoms with Gasteiger partial charge >= 0.3 is 0 Å². The van der Waals surface area contributed by atoms with Crippen molar-refractivity contribution >= 4 is 0 Å². The SMILES string of the molecule is CCCC1CNC(C(C)C)CN1CCOCCCOC. The summed E-state index contributed by atoms with van der Waals surface area (Å²) in [7, 11) is 1.74. The van der Waals surface area contributed by atoms with Gasteiger partial charge in [0.25, 0.3) is 0 Å². The Labute approximate surface area is 125 Å². The van der Waals surface area contributed by atoms with Crippen LogP contribution in [0.5, 0.6) is 0 Å². The average Bonchev–Trinajstić information content (AvgIpc) is 2.44. The third kappa shape index (κ3) is 6.53. The maximum atomic E-state index is 5.72. The molecular formula is C16H34N2O2. The quantitative estimate of drug-likeness (QED) is 0.624. The molecule has 0 aromatic carbocycles. The predicted molar refractivity (Wildman–Crippen MR) is 84.2 cm³/mol. The van der Waals surface area contributed by atoms with Crippen molar-refractivity contribution in [2.24, 2.45) is 5.92 Å². The van der Waals surface area contributed by atoms with Gasteiger partial charge < -0.3 is 14.8 Å². The minimum atomic E-state index is 0.622. The number of piperazine rings is 1. The predicted octanol–water partition coefficient (Wildman–Crippen LogP) is 2.14. The van der Waals surface area contributed by atoms with E-state index in [1.165, 1.54) is 12.8 Å². The molecule has 4 nitrogen and oxygen atoms in total. The van der Waals surface area contributed by atoms with Crippen molar-refractivity contribution < 1.29 is 9.47 Å². The first-order valence-corrected chi connectivity index (χ1v) is 8.23. The minimum absolute atomic E-state index is 0.622. The van der Waals surface area contributed by atoms with Crippen LogP contribution in [0, 0.1) is 5.92 Å². The third-order valence-corrected chi connectivity index (χ3v) is 4.15. The lowest BCUT2D eigenvalue weighted by Gasteiger charge is -2.42. The van der Waals surface area contributed by atoms with Gasteiger partial charge in [-0.3, -0.25) is 4.90 Å². The Morgan fingerprint density at radius 3 is 2.70 bits per heavy atom. The van der Waals surface area contributed by atoms with Gasteiger partial charge in [0.1, 0.15) is 0 Å². The van der Waals surface area contributed by atoms with Gasteiger partial charge in [-0.05, 0) is 18.8 Å². The van der Waals surface area contributed by atoms with Crippen LogP contribution in [-0.4, -0.2) is 63.5 Å². The number of hydrogen-bond acceptors (Lipinski definition) is 4. The zero-order chi connectivity index (χ0) is 14.8. The molecule has 0 aromatic heterocycles. The fourth-order valence-corrected chi connectivity index (χ4v) is 2.81. The van der Waals surface area contributed by atoms with Gasteiger partial charge in [0.2, 0.25) is 0 Å². The average molecular weight is 286 g/mol. The number of methoxy groups -OCH3 is 1. The fraction of sp³-hybridized carbons (Fsp3) is 1.00. The van der Waals surface area contributed by atoms with E-state index in [0.717, 1.165) is 45.9 Å². The highest BCUT2D eigenvalue weighted by Crippen LogP contribution is 2.15. The van der Waals surface area contributed by atoms with Gasteiger partial charge in [-0.2, -0.15) is 0 Å². The van der Waals surface area contributed by atoms with Crippen LogP contribution < -0.4 is 5.32 Å². The second-order valence-electron chi connectivity index (χ2n) is 6.15. The van der Waals surface area contributed by atoms with Crippen LogP contribution >= 0.6 is 0 Å². The summed E-state index contributed by atoms with van der Waals surface area (Å²) in [5, 5.41) is 3.70. The molecule has 2 unspecified atom stereocenters. The molecule has 0 radical (unpaired) electrons. The molecule has 20 heavy (non-hydrogen) atoms. The largest absolute Gasteiger partial charge is 0.385 e. The van der Waals surface area contributed by atoms with Crippen molar-refractivity contribution in [3.8, 4) is 0 Å². The number of nitrogens with zero attached hydrogens (tertiary/aromatic N) is 1. The molecule has 0 amide bonds. The van der Waals surface area contributed by atoms with Crippen LogP contribution in [0.3, 0.4) is 0 Å². The van der Waals surface area contributed by atoms with Crippen molar-refractivity contribution in [1.82, 2.24) is 10.2 Å². The summed E-state index contributed by atoms with van der Waals surface area (Å²) >= 11 is 0. The van der Waals surface area contributed by atoms with Crippen LogP contribution in [0.4, 0.5) is 0 Å². The van der Waals surface area contributed by atoms with Gasteiger partial charge in [0.15, 0.2) is 0 Å². The lowest BCUT2D eigenvalue weighted by molar-refractivity contribution is 0.0487. The zero-order valence-corrected chi connectivity index (χ0v) is 13.9. The molecule has 1 N–H and O–H groups in total. The van der Waals surface area contributed by atoms with E-state index in [4.69, 9.17) is 9.47 Å². The first kappa shape index (κ1) is 17.9. The van der Waals surface area contributed by atoms with E-state index in [1.54, 1.807) is 7.11 Å². The van der Waals surface area contributed by atoms with E-state index in [0.29, 0.717) is 18.0 Å². The Bertz CT molecular complexity index is 237. The first-order chi connectivity index (χ1) is 9.69. The monoisotopic (exact) mass is 286 g/mol. The van der Waals surface area contributed by atoms with Gasteiger partial charge in [-0.1, -0.05) is 27.2 Å². The van der Waals surface area contributed by atoms with Crippen molar-refractivity contribution in [3.05, 3.63) is 0 Å². The standard InChI is InChI=1S/C16H34N2O2/c1-5-7-15-12-17-16(14(2)3)13-18(15)8-11-20-10-6-9-19-4/h14-17H,5-13H2,1-4H3. The zero-order valence-electron chi connectivity index (χ0n) is 13.9. The number of ether oxygens (including phenoxy) is 2. The molecule has 1 saturated heterocycles. The molecule has 4 heteroatoms. The van der Waals surface area contributed by atoms with Gasteiger partial charge in [0.05, 0.1) is 6.61 Å². The molecule has 1 fully saturated rings. The minimum Gasteiger partial charge on any atom is -0.385 e. The molecule has 0 aliphatic carbocycles. The Morgan fingerprint density at radius 2 is 2.05 bits per heavy atom. The Balaban J connectivity index is 2.28. The highest BCUT2D eigenvalue weighted by molar-refractivity contribution is 4.87. The van der Waals surface area contributed by atoms with Gasteiger partial charge in [0, 0.05) is 52.0 Å². The first-order valence-electron chi connectivity index (χ1n) is 8.23. The number of hydrogen-bond donors (Lipinski definition) is 1. The van der Waals surface area contributed by atoms with Crippen LogP contribution in [0.2, 0.25) is 0 Å². The topological polar surface area (TPSA) is 33.7 Å². The van der Waals surface area contributed by atoms with E-state index >= 15 is 0 Å². The summed E-state index contributed by atoms with van der Waals surface area (Å²) in [6.45, 7) is 12.7. The maximum absolute atomic E-state index is 5.72. The molecular weight excluding hydrogens is 252 g/mol. The second-order valence-corrected chi connectivity index (χ2v) is 6.15. The molecule has 0 aromatic rings. The van der Waals surface area contributed by atoms with Gasteiger partial charge in [-0.25, -0.2) is 0 Å². The van der Waals surface area contributed by atoms with E-state index in [1.807, 2.05) is 0 Å². The summed E-state index contributed by atoms with van der Waals surface area (Å²) in [6.07, 6.45) is 3.52. The third-order valence-electron chi connectivity index (χ3n) is 4.15. The molecule has 1 aliphatic rings. The highest BCUT2D eigenvalue weighted by Gasteiger charge is 2.28. The Hall–Kier alpha value is -0.160. The molecule has 120 valence electrons. The lowest BCUT2D eigenvalue weighted by atomic mass is 9.98. The van der Waals surface area contributed by atoms with Crippen molar-refractivity contribution in [1.29, 1.82) is 0 Å². The van der Waals surface area contributed by atoms with Crippen LogP contribution in [0.1, 0.15) is 40.0 Å². The van der Waals surface area contributed by atoms with Crippen molar-refractivity contribution in [3.63, 3.8) is 0 Å². The summed E-state index contributed by atoms with van der Waals surface area (Å²) in [5.41, 5.74) is 0. The second kappa shape index (κ2) is 10.6. The fourth-order valence-electron chi connectivity index (χ4n) is 2.81. The van der Waals surface area contributed by atoms with Crippen molar-refractivity contribution in [2.75, 3.05) is 46.6 Å². The smallest absolute Gasteiger partial charge is 0.0593 e. The molecule has 2 atom stereocenters. The van der Waals surface area contributed by atoms with Crippen LogP contribution in [0.25, 0.3) is 0 Å². The molecule has 1 aliphatic heterocycles. The molecule has 0 spiro atoms. The van der Waals surface area contributed by atoms with E-state index in [9.17, 15) is 0 Å². The van der Waals surface area contributed by atoms with E-state index in [-0.39, 0.29) is 0 Å². The summed E-state index contributed by atoms with van der Waals surface area (Å²) in [6, 6.07) is 1.30. The van der Waals surface area contributed by atoms with Gasteiger partial charge in [-0.15, -0.1) is 0 Å². The van der Waals surface area contributed by atoms with Crippen molar-refractivity contribution in [2.45, 2.75) is 52.1 Å². The summed E-state index contributed by atoms with van der Waals surface area (Å²) in [4.78, 5) is 2.63. The van der Waals surface area contributed by atoms with Crippen LogP contribution in [0.15, 0.2) is 0 Å². The van der Waals surface area contributed by atoms with Crippen LogP contribution in [-0.2, 0) is 9.47 Å². The van der Waals surface area contributed by atoms with E-state index < -0.39 is 0 Å². The molecule has 0 saturated carbocycles. The number of rotatable bonds is 10.